The summed E-state index contributed by atoms with van der Waals surface area (Å²) in [4.78, 5) is 97.5. The highest BCUT2D eigenvalue weighted by molar-refractivity contribution is 6.38. The average molecular weight is 554 g/mol. The number of Topliss-reactive ketones (excluding diaryl/α,β-unsaturated/α-hetero) is 1. The third-order valence-electron chi connectivity index (χ3n) is 5.96. The molecular weight excluding hydrogens is 514 g/mol. The minimum atomic E-state index is -1.30. The van der Waals surface area contributed by atoms with E-state index in [1.54, 1.807) is 0 Å². The molecule has 0 saturated carbocycles. The van der Waals surface area contributed by atoms with E-state index < -0.39 is 71.4 Å². The van der Waals surface area contributed by atoms with Crippen molar-refractivity contribution in [3.05, 3.63) is 0 Å². The summed E-state index contributed by atoms with van der Waals surface area (Å²) in [5.74, 6) is -5.68. The van der Waals surface area contributed by atoms with Crippen molar-refractivity contribution >= 4 is 47.1 Å². The SMILES string of the molecule is CC(NC(=O)[C@@H]1CCCCNC(=O)CCCC(=O)N[C@@H](C)C(=O)N1)C(=O)C(=O)N[C@@H](C)C(=O)N[C@@H](C)C(N)=O. The maximum atomic E-state index is 12.9. The van der Waals surface area contributed by atoms with Crippen molar-refractivity contribution in [2.75, 3.05) is 6.54 Å². The number of carbonyl (C=O) groups is 8. The van der Waals surface area contributed by atoms with Crippen LogP contribution >= 0.6 is 0 Å². The Bertz CT molecular complexity index is 970. The second-order valence-electron chi connectivity index (χ2n) is 9.47. The smallest absolute Gasteiger partial charge is 0.290 e. The van der Waals surface area contributed by atoms with Crippen molar-refractivity contribution in [2.45, 2.75) is 96.4 Å². The van der Waals surface area contributed by atoms with Crippen LogP contribution in [0.15, 0.2) is 0 Å². The number of nitrogens with one attached hydrogen (secondary N) is 6. The molecule has 1 fully saturated rings. The summed E-state index contributed by atoms with van der Waals surface area (Å²) < 4.78 is 0. The van der Waals surface area contributed by atoms with Crippen molar-refractivity contribution in [2.24, 2.45) is 5.73 Å². The van der Waals surface area contributed by atoms with Crippen molar-refractivity contribution < 1.29 is 38.4 Å². The number of carbonyl (C=O) groups excluding carboxylic acids is 8. The molecule has 0 radical (unpaired) electrons. The van der Waals surface area contributed by atoms with E-state index in [1.165, 1.54) is 27.7 Å². The minimum Gasteiger partial charge on any atom is -0.368 e. The average Bonchev–Trinajstić information content (AvgIpc) is 2.86. The van der Waals surface area contributed by atoms with E-state index in [0.29, 0.717) is 25.8 Å². The van der Waals surface area contributed by atoms with Gasteiger partial charge in [0.1, 0.15) is 24.2 Å². The summed E-state index contributed by atoms with van der Waals surface area (Å²) in [6.45, 7) is 5.72. The molecule has 1 heterocycles. The first-order chi connectivity index (χ1) is 18.2. The van der Waals surface area contributed by atoms with Gasteiger partial charge in [-0.05, 0) is 53.4 Å². The highest BCUT2D eigenvalue weighted by Gasteiger charge is 2.30. The number of primary amides is 1. The fourth-order valence-corrected chi connectivity index (χ4v) is 3.46. The molecule has 7 amide bonds. The Balaban J connectivity index is 2.81. The van der Waals surface area contributed by atoms with Gasteiger partial charge in [0.15, 0.2) is 0 Å². The van der Waals surface area contributed by atoms with Gasteiger partial charge in [-0.1, -0.05) is 0 Å². The van der Waals surface area contributed by atoms with Gasteiger partial charge >= 0.3 is 0 Å². The van der Waals surface area contributed by atoms with E-state index in [4.69, 9.17) is 5.73 Å². The zero-order valence-corrected chi connectivity index (χ0v) is 22.7. The van der Waals surface area contributed by atoms with Crippen LogP contribution in [0, 0.1) is 0 Å². The summed E-state index contributed by atoms with van der Waals surface area (Å²) in [7, 11) is 0. The molecule has 1 unspecified atom stereocenters. The predicted molar refractivity (Wildman–Crippen MR) is 137 cm³/mol. The van der Waals surface area contributed by atoms with Crippen LogP contribution in [0.4, 0.5) is 0 Å². The molecule has 1 aliphatic rings. The van der Waals surface area contributed by atoms with Gasteiger partial charge in [0.25, 0.3) is 5.91 Å². The second-order valence-corrected chi connectivity index (χ2v) is 9.47. The molecule has 8 N–H and O–H groups in total. The zero-order valence-electron chi connectivity index (χ0n) is 22.7. The maximum absolute atomic E-state index is 12.9. The number of hydrogen-bond donors (Lipinski definition) is 7. The molecule has 0 spiro atoms. The monoisotopic (exact) mass is 553 g/mol. The largest absolute Gasteiger partial charge is 0.368 e. The third-order valence-corrected chi connectivity index (χ3v) is 5.96. The van der Waals surface area contributed by atoms with Crippen molar-refractivity contribution in [1.29, 1.82) is 0 Å². The summed E-state index contributed by atoms with van der Waals surface area (Å²) in [6.07, 6.45) is 1.68. The van der Waals surface area contributed by atoms with Gasteiger partial charge < -0.3 is 37.6 Å². The maximum Gasteiger partial charge on any atom is 0.290 e. The fraction of sp³-hybridized carbons (Fsp3) is 0.667. The quantitative estimate of drug-likeness (QED) is 0.153. The molecule has 15 heteroatoms. The van der Waals surface area contributed by atoms with Gasteiger partial charge in [0.05, 0.1) is 6.04 Å². The Morgan fingerprint density at radius 2 is 1.46 bits per heavy atom. The lowest BCUT2D eigenvalue weighted by molar-refractivity contribution is -0.141. The summed E-state index contributed by atoms with van der Waals surface area (Å²) in [5.41, 5.74) is 5.08. The zero-order chi connectivity index (χ0) is 29.7. The second kappa shape index (κ2) is 16.0. The molecule has 5 atom stereocenters. The van der Waals surface area contributed by atoms with E-state index in [-0.39, 0.29) is 25.2 Å². The van der Waals surface area contributed by atoms with Crippen LogP contribution in [0.3, 0.4) is 0 Å². The Kier molecular flexibility index (Phi) is 13.6. The first kappa shape index (κ1) is 33.0. The minimum absolute atomic E-state index is 0.0566. The number of rotatable bonds is 8. The molecule has 1 saturated heterocycles. The molecule has 0 bridgehead atoms. The van der Waals surface area contributed by atoms with E-state index >= 15 is 0 Å². The van der Waals surface area contributed by atoms with Gasteiger partial charge in [0, 0.05) is 19.4 Å². The lowest BCUT2D eigenvalue weighted by Crippen LogP contribution is -2.57. The van der Waals surface area contributed by atoms with E-state index in [1.807, 2.05) is 0 Å². The van der Waals surface area contributed by atoms with Gasteiger partial charge in [-0.15, -0.1) is 0 Å². The number of nitrogens with two attached hydrogens (primary N) is 1. The van der Waals surface area contributed by atoms with Crippen LogP contribution in [0.1, 0.15) is 66.2 Å². The number of amides is 7. The summed E-state index contributed by atoms with van der Waals surface area (Å²) in [5, 5.41) is 14.7. The molecule has 218 valence electrons. The van der Waals surface area contributed by atoms with Crippen molar-refractivity contribution in [3.63, 3.8) is 0 Å². The molecule has 0 aliphatic carbocycles. The highest BCUT2D eigenvalue weighted by atomic mass is 16.2. The summed E-state index contributed by atoms with van der Waals surface area (Å²) >= 11 is 0. The first-order valence-electron chi connectivity index (χ1n) is 12.8. The molecular formula is C24H39N7O8. The van der Waals surface area contributed by atoms with Crippen LogP contribution in [0.25, 0.3) is 0 Å². The molecule has 0 aromatic rings. The molecule has 1 aliphatic heterocycles. The standard InChI is InChI=1S/C24H39N7O8/c1-12(19(34)24(39)30-15(4)21(36)29-13(2)20(25)35)28-23(38)16-8-5-6-11-26-17(32)9-7-10-18(33)27-14(3)22(37)31-16/h12-16H,5-11H2,1-4H3,(H2,25,35)(H,26,32)(H,27,33)(H,28,38)(H,29,36)(H,30,39)(H,31,37)/t12?,13-,14-,15-,16-/m0/s1. The Morgan fingerprint density at radius 1 is 0.821 bits per heavy atom. The first-order valence-corrected chi connectivity index (χ1v) is 12.8. The third kappa shape index (κ3) is 11.9. The Morgan fingerprint density at radius 3 is 2.10 bits per heavy atom. The lowest BCUT2D eigenvalue weighted by atomic mass is 10.1. The van der Waals surface area contributed by atoms with Crippen LogP contribution in [-0.4, -0.2) is 83.9 Å². The molecule has 0 aromatic heterocycles. The lowest BCUT2D eigenvalue weighted by Gasteiger charge is -2.23. The number of ketones is 1. The van der Waals surface area contributed by atoms with E-state index in [9.17, 15) is 38.4 Å². The van der Waals surface area contributed by atoms with Crippen molar-refractivity contribution in [3.8, 4) is 0 Å². The normalized spacial score (nSPS) is 21.7. The van der Waals surface area contributed by atoms with Gasteiger partial charge in [-0.2, -0.15) is 0 Å². The highest BCUT2D eigenvalue weighted by Crippen LogP contribution is 2.05. The molecule has 39 heavy (non-hydrogen) atoms. The predicted octanol–water partition coefficient (Wildman–Crippen LogP) is -2.99. The van der Waals surface area contributed by atoms with Crippen LogP contribution in [-0.2, 0) is 38.4 Å². The number of hydrogen-bond acceptors (Lipinski definition) is 8. The van der Waals surface area contributed by atoms with E-state index in [2.05, 4.69) is 31.9 Å². The van der Waals surface area contributed by atoms with Crippen molar-refractivity contribution in [1.82, 2.24) is 31.9 Å². The Labute approximate surface area is 226 Å². The van der Waals surface area contributed by atoms with E-state index in [0.717, 1.165) is 0 Å². The van der Waals surface area contributed by atoms with Crippen LogP contribution in [0.2, 0.25) is 0 Å². The fourth-order valence-electron chi connectivity index (χ4n) is 3.46. The van der Waals surface area contributed by atoms with Crippen LogP contribution in [0.5, 0.6) is 0 Å². The molecule has 0 aromatic carbocycles. The van der Waals surface area contributed by atoms with Crippen LogP contribution < -0.4 is 37.6 Å². The van der Waals surface area contributed by atoms with Gasteiger partial charge in [0.2, 0.25) is 41.2 Å². The van der Waals surface area contributed by atoms with Gasteiger partial charge in [-0.3, -0.25) is 38.4 Å². The molecule has 15 nitrogen and oxygen atoms in total. The Hall–Kier alpha value is -4.04. The molecule has 1 rings (SSSR count). The summed E-state index contributed by atoms with van der Waals surface area (Å²) in [6, 6.07) is -5.51. The van der Waals surface area contributed by atoms with Gasteiger partial charge in [-0.25, -0.2) is 0 Å². The topological polar surface area (TPSA) is 235 Å².